The van der Waals surface area contributed by atoms with E-state index in [-0.39, 0.29) is 5.97 Å². The highest BCUT2D eigenvalue weighted by Gasteiger charge is 2.22. The number of carbonyl (C=O) groups excluding carboxylic acids is 1. The Labute approximate surface area is 188 Å². The summed E-state index contributed by atoms with van der Waals surface area (Å²) in [5, 5.41) is 1.64. The highest BCUT2D eigenvalue weighted by Crippen LogP contribution is 2.27. The van der Waals surface area contributed by atoms with Gasteiger partial charge in [-0.2, -0.15) is 0 Å². The van der Waals surface area contributed by atoms with Crippen LogP contribution in [0.2, 0.25) is 0 Å². The van der Waals surface area contributed by atoms with Crippen molar-refractivity contribution in [3.05, 3.63) is 126 Å². The fourth-order valence-electron chi connectivity index (χ4n) is 3.32. The Hall–Kier alpha value is -4.05. The zero-order chi connectivity index (χ0) is 22.2. The number of ether oxygens (including phenoxy) is 1. The molecule has 4 heteroatoms. The Bertz CT molecular complexity index is 1130. The van der Waals surface area contributed by atoms with Gasteiger partial charge >= 0.3 is 5.97 Å². The molecule has 32 heavy (non-hydrogen) atoms. The Kier molecular flexibility index (Phi) is 6.83. The smallest absolute Gasteiger partial charge is 0.339 e. The van der Waals surface area contributed by atoms with E-state index in [1.807, 2.05) is 122 Å². The van der Waals surface area contributed by atoms with Gasteiger partial charge in [-0.3, -0.25) is 0 Å². The molecule has 0 spiro atoms. The number of anilines is 1. The third kappa shape index (κ3) is 5.55. The zero-order valence-electron chi connectivity index (χ0n) is 17.9. The van der Waals surface area contributed by atoms with Gasteiger partial charge in [-0.15, -0.1) is 0 Å². The molecule has 0 aliphatic rings. The molecule has 4 rings (SSSR count). The Morgan fingerprint density at radius 2 is 1.34 bits per heavy atom. The lowest BCUT2D eigenvalue weighted by Crippen LogP contribution is -2.29. The molecule has 4 nitrogen and oxygen atoms in total. The van der Waals surface area contributed by atoms with Crippen molar-refractivity contribution in [3.63, 3.8) is 0 Å². The summed E-state index contributed by atoms with van der Waals surface area (Å²) in [4.78, 5) is 19.0. The summed E-state index contributed by atoms with van der Waals surface area (Å²) in [5.41, 5.74) is 2.70. The maximum absolute atomic E-state index is 13.1. The summed E-state index contributed by atoms with van der Waals surface area (Å²) >= 11 is 0. The van der Waals surface area contributed by atoms with Gasteiger partial charge in [-0.25, -0.2) is 9.86 Å². The summed E-state index contributed by atoms with van der Waals surface area (Å²) in [7, 11) is 0. The average molecular weight is 424 g/mol. The molecule has 1 atom stereocenters. The van der Waals surface area contributed by atoms with Crippen molar-refractivity contribution in [1.82, 2.24) is 0 Å². The van der Waals surface area contributed by atoms with Crippen LogP contribution in [0.1, 0.15) is 24.0 Å². The molecule has 4 aromatic carbocycles. The van der Waals surface area contributed by atoms with Gasteiger partial charge in [0.05, 0.1) is 18.2 Å². The lowest BCUT2D eigenvalue weighted by Gasteiger charge is -2.25. The minimum absolute atomic E-state index is 0.332. The molecular weight excluding hydrogens is 398 g/mol. The minimum atomic E-state index is -0.462. The number of carbonyl (C=O) groups is 1. The second-order valence-corrected chi connectivity index (χ2v) is 7.48. The number of benzene rings is 4. The van der Waals surface area contributed by atoms with Gasteiger partial charge in [-0.1, -0.05) is 78.9 Å². The van der Waals surface area contributed by atoms with E-state index in [0.717, 1.165) is 22.6 Å². The topological polar surface area (TPSA) is 38.8 Å². The van der Waals surface area contributed by atoms with Crippen LogP contribution >= 0.6 is 0 Å². The molecule has 0 bridgehead atoms. The highest BCUT2D eigenvalue weighted by molar-refractivity contribution is 5.78. The first-order valence-corrected chi connectivity index (χ1v) is 10.6. The molecule has 0 aliphatic heterocycles. The average Bonchev–Trinajstić information content (AvgIpc) is 2.85. The van der Waals surface area contributed by atoms with Crippen LogP contribution in [-0.2, 0) is 16.2 Å². The number of rotatable bonds is 8. The molecule has 0 saturated carbocycles. The van der Waals surface area contributed by atoms with Crippen LogP contribution in [0.5, 0.6) is 11.5 Å². The van der Waals surface area contributed by atoms with Crippen molar-refractivity contribution >= 4 is 11.7 Å². The highest BCUT2D eigenvalue weighted by atomic mass is 16.7. The van der Waals surface area contributed by atoms with E-state index >= 15 is 0 Å². The van der Waals surface area contributed by atoms with Crippen LogP contribution in [0.3, 0.4) is 0 Å². The van der Waals surface area contributed by atoms with Gasteiger partial charge in [0.15, 0.2) is 0 Å². The predicted octanol–water partition coefficient (Wildman–Crippen LogP) is 6.75. The van der Waals surface area contributed by atoms with Crippen molar-refractivity contribution in [2.75, 3.05) is 5.06 Å². The largest absolute Gasteiger partial charge is 0.457 e. The van der Waals surface area contributed by atoms with Crippen LogP contribution in [0.15, 0.2) is 115 Å². The van der Waals surface area contributed by atoms with Crippen LogP contribution in [0.4, 0.5) is 5.69 Å². The molecule has 0 amide bonds. The SMILES string of the molecule is CC(C(=O)ON(Cc1ccccc1)c1ccccc1)c1cccc(Oc2ccccc2)c1. The summed E-state index contributed by atoms with van der Waals surface area (Å²) in [5.74, 6) is 0.633. The van der Waals surface area contributed by atoms with Crippen LogP contribution in [0.25, 0.3) is 0 Å². The summed E-state index contributed by atoms with van der Waals surface area (Å²) in [6.07, 6.45) is 0. The molecular formula is C28H25NO3. The van der Waals surface area contributed by atoms with Crippen LogP contribution in [0, 0.1) is 0 Å². The van der Waals surface area contributed by atoms with E-state index < -0.39 is 5.92 Å². The third-order valence-corrected chi connectivity index (χ3v) is 5.10. The van der Waals surface area contributed by atoms with Crippen LogP contribution < -0.4 is 9.80 Å². The maximum Gasteiger partial charge on any atom is 0.339 e. The quantitative estimate of drug-likeness (QED) is 0.294. The predicted molar refractivity (Wildman–Crippen MR) is 127 cm³/mol. The molecule has 0 saturated heterocycles. The Morgan fingerprint density at radius 3 is 2.03 bits per heavy atom. The van der Waals surface area contributed by atoms with Crippen molar-refractivity contribution in [2.45, 2.75) is 19.4 Å². The number of hydroxylamine groups is 1. The maximum atomic E-state index is 13.1. The molecule has 0 aliphatic carbocycles. The number of hydrogen-bond acceptors (Lipinski definition) is 4. The zero-order valence-corrected chi connectivity index (χ0v) is 17.9. The molecule has 1 unspecified atom stereocenters. The first-order valence-electron chi connectivity index (χ1n) is 10.6. The molecule has 160 valence electrons. The molecule has 0 heterocycles. The van der Waals surface area contributed by atoms with Crippen LogP contribution in [-0.4, -0.2) is 5.97 Å². The molecule has 0 fully saturated rings. The second-order valence-electron chi connectivity index (χ2n) is 7.48. The number of para-hydroxylation sites is 2. The Balaban J connectivity index is 1.50. The monoisotopic (exact) mass is 423 g/mol. The molecule has 0 radical (unpaired) electrons. The van der Waals surface area contributed by atoms with Gasteiger partial charge in [0.25, 0.3) is 0 Å². The van der Waals surface area contributed by atoms with E-state index in [0.29, 0.717) is 12.3 Å². The second kappa shape index (κ2) is 10.3. The molecule has 4 aromatic rings. The van der Waals surface area contributed by atoms with Gasteiger partial charge < -0.3 is 9.57 Å². The van der Waals surface area contributed by atoms with Crippen molar-refractivity contribution in [3.8, 4) is 11.5 Å². The molecule has 0 aromatic heterocycles. The molecule has 0 N–H and O–H groups in total. The van der Waals surface area contributed by atoms with Gasteiger partial charge in [0, 0.05) is 0 Å². The van der Waals surface area contributed by atoms with Crippen molar-refractivity contribution in [1.29, 1.82) is 0 Å². The number of hydrogen-bond donors (Lipinski definition) is 0. The van der Waals surface area contributed by atoms with Crippen molar-refractivity contribution in [2.24, 2.45) is 0 Å². The number of nitrogens with zero attached hydrogens (tertiary/aromatic N) is 1. The first kappa shape index (κ1) is 21.2. The summed E-state index contributed by atoms with van der Waals surface area (Å²) < 4.78 is 5.92. The normalized spacial score (nSPS) is 11.4. The van der Waals surface area contributed by atoms with E-state index in [9.17, 15) is 4.79 Å². The minimum Gasteiger partial charge on any atom is -0.457 e. The van der Waals surface area contributed by atoms with Crippen molar-refractivity contribution < 1.29 is 14.4 Å². The van der Waals surface area contributed by atoms with E-state index in [2.05, 4.69) is 0 Å². The fourth-order valence-corrected chi connectivity index (χ4v) is 3.32. The standard InChI is InChI=1S/C28H25NO3/c1-22(24-14-11-19-27(20-24)31-26-17-9-4-10-18-26)28(30)32-29(25-15-7-3-8-16-25)21-23-12-5-2-6-13-23/h2-20,22H,21H2,1H3. The van der Waals surface area contributed by atoms with E-state index in [4.69, 9.17) is 9.57 Å². The third-order valence-electron chi connectivity index (χ3n) is 5.10. The summed E-state index contributed by atoms with van der Waals surface area (Å²) in [6, 6.07) is 36.7. The van der Waals surface area contributed by atoms with E-state index in [1.54, 1.807) is 5.06 Å². The first-order chi connectivity index (χ1) is 15.7. The van der Waals surface area contributed by atoms with E-state index in [1.165, 1.54) is 0 Å². The van der Waals surface area contributed by atoms with Gasteiger partial charge in [0.2, 0.25) is 0 Å². The van der Waals surface area contributed by atoms with Gasteiger partial charge in [-0.05, 0) is 54.4 Å². The Morgan fingerprint density at radius 1 is 0.750 bits per heavy atom. The summed E-state index contributed by atoms with van der Waals surface area (Å²) in [6.45, 7) is 2.30. The fraction of sp³-hybridized carbons (Fsp3) is 0.107. The lowest BCUT2D eigenvalue weighted by atomic mass is 10.0. The lowest BCUT2D eigenvalue weighted by molar-refractivity contribution is -0.146. The van der Waals surface area contributed by atoms with Gasteiger partial charge in [0.1, 0.15) is 11.5 Å².